The fraction of sp³-hybridized carbons (Fsp3) is 0.875. The second-order valence-corrected chi connectivity index (χ2v) is 4.37. The third-order valence-electron chi connectivity index (χ3n) is 1.49. The number of thioether (sulfide) groups is 1. The maximum Gasteiger partial charge on any atom is 0.166 e. The van der Waals surface area contributed by atoms with E-state index in [1.165, 1.54) is 0 Å². The van der Waals surface area contributed by atoms with Gasteiger partial charge in [-0.15, -0.1) is 0 Å². The molecule has 2 nitrogen and oxygen atoms in total. The maximum atomic E-state index is 5.05. The normalized spacial score (nSPS) is 12.2. The van der Waals surface area contributed by atoms with Crippen molar-refractivity contribution in [3.63, 3.8) is 0 Å². The van der Waals surface area contributed by atoms with Crippen LogP contribution in [-0.2, 0) is 0 Å². The summed E-state index contributed by atoms with van der Waals surface area (Å²) in [7, 11) is 0. The van der Waals surface area contributed by atoms with Crippen molar-refractivity contribution >= 4 is 29.1 Å². The zero-order valence-corrected chi connectivity index (χ0v) is 9.65. The third kappa shape index (κ3) is 6.73. The summed E-state index contributed by atoms with van der Waals surface area (Å²) in [5, 5.41) is 7.68. The smallest absolute Gasteiger partial charge is 0.166 e. The Labute approximate surface area is 84.9 Å². The minimum Gasteiger partial charge on any atom is -0.363 e. The Morgan fingerprint density at radius 2 is 2.17 bits per heavy atom. The Kier molecular flexibility index (Phi) is 7.70. The molecule has 0 aliphatic heterocycles. The van der Waals surface area contributed by atoms with Crippen molar-refractivity contribution in [2.75, 3.05) is 19.3 Å². The van der Waals surface area contributed by atoms with E-state index in [2.05, 4.69) is 30.7 Å². The zero-order chi connectivity index (χ0) is 9.40. The monoisotopic (exact) mass is 206 g/mol. The molecule has 12 heavy (non-hydrogen) atoms. The summed E-state index contributed by atoms with van der Waals surface area (Å²) in [6.07, 6.45) is 3.22. The van der Waals surface area contributed by atoms with Crippen LogP contribution in [0.5, 0.6) is 0 Å². The van der Waals surface area contributed by atoms with Crippen LogP contribution in [0.2, 0.25) is 0 Å². The molecule has 4 heteroatoms. The number of thiocarbonyl (C=S) groups is 1. The molecule has 0 fully saturated rings. The van der Waals surface area contributed by atoms with Crippen molar-refractivity contribution in [2.45, 2.75) is 25.5 Å². The van der Waals surface area contributed by atoms with Gasteiger partial charge >= 0.3 is 0 Å². The highest BCUT2D eigenvalue weighted by Crippen LogP contribution is 2.01. The Balaban J connectivity index is 3.31. The summed E-state index contributed by atoms with van der Waals surface area (Å²) >= 11 is 6.89. The van der Waals surface area contributed by atoms with Crippen LogP contribution in [0.15, 0.2) is 0 Å². The highest BCUT2D eigenvalue weighted by molar-refractivity contribution is 7.99. The largest absolute Gasteiger partial charge is 0.363 e. The highest BCUT2D eigenvalue weighted by atomic mass is 32.2. The lowest BCUT2D eigenvalue weighted by molar-refractivity contribution is 0.788. The van der Waals surface area contributed by atoms with Gasteiger partial charge in [0.25, 0.3) is 0 Å². The molecule has 0 spiro atoms. The number of rotatable bonds is 5. The van der Waals surface area contributed by atoms with E-state index in [0.29, 0.717) is 5.25 Å². The van der Waals surface area contributed by atoms with Crippen LogP contribution >= 0.6 is 24.0 Å². The van der Waals surface area contributed by atoms with E-state index < -0.39 is 0 Å². The van der Waals surface area contributed by atoms with Gasteiger partial charge in [-0.25, -0.2) is 0 Å². The average Bonchev–Trinajstić information content (AvgIpc) is 2.10. The van der Waals surface area contributed by atoms with Gasteiger partial charge in [0.2, 0.25) is 0 Å². The van der Waals surface area contributed by atoms with Crippen molar-refractivity contribution in [3.8, 4) is 0 Å². The molecule has 0 aliphatic rings. The maximum absolute atomic E-state index is 5.05. The van der Waals surface area contributed by atoms with E-state index in [-0.39, 0.29) is 0 Å². The molecule has 0 aliphatic carbocycles. The second-order valence-electron chi connectivity index (χ2n) is 2.68. The Morgan fingerprint density at radius 1 is 1.50 bits per heavy atom. The number of nitrogens with one attached hydrogen (secondary N) is 2. The Bertz CT molecular complexity index is 128. The fourth-order valence-electron chi connectivity index (χ4n) is 0.621. The first-order chi connectivity index (χ1) is 5.70. The minimum absolute atomic E-state index is 0.617. The third-order valence-corrected chi connectivity index (χ3v) is 2.75. The summed E-state index contributed by atoms with van der Waals surface area (Å²) in [6, 6.07) is 0. The van der Waals surface area contributed by atoms with Crippen LogP contribution in [-0.4, -0.2) is 29.7 Å². The zero-order valence-electron chi connectivity index (χ0n) is 8.02. The highest BCUT2D eigenvalue weighted by Gasteiger charge is 1.99. The molecule has 0 heterocycles. The molecule has 0 saturated heterocycles. The summed E-state index contributed by atoms with van der Waals surface area (Å²) in [4.78, 5) is 0. The molecular weight excluding hydrogens is 188 g/mol. The van der Waals surface area contributed by atoms with Crippen LogP contribution in [0.1, 0.15) is 20.3 Å². The molecule has 0 rings (SSSR count). The van der Waals surface area contributed by atoms with Crippen LogP contribution in [0, 0.1) is 0 Å². The van der Waals surface area contributed by atoms with Crippen LogP contribution in [0.25, 0.3) is 0 Å². The van der Waals surface area contributed by atoms with Gasteiger partial charge in [0.1, 0.15) is 0 Å². The van der Waals surface area contributed by atoms with Gasteiger partial charge in [-0.2, -0.15) is 11.8 Å². The van der Waals surface area contributed by atoms with Gasteiger partial charge in [-0.1, -0.05) is 13.8 Å². The quantitative estimate of drug-likeness (QED) is 0.668. The van der Waals surface area contributed by atoms with Crippen molar-refractivity contribution in [2.24, 2.45) is 0 Å². The van der Waals surface area contributed by atoms with Gasteiger partial charge in [0, 0.05) is 18.3 Å². The van der Waals surface area contributed by atoms with Gasteiger partial charge in [-0.3, -0.25) is 0 Å². The molecule has 1 atom stereocenters. The predicted octanol–water partition coefficient (Wildman–Crippen LogP) is 1.61. The predicted molar refractivity (Wildman–Crippen MR) is 61.9 cm³/mol. The standard InChI is InChI=1S/C8H18N2S2/c1-4-5-9-8(11)10-6-7(2)12-3/h7H,4-6H2,1-3H3,(H2,9,10,11). The lowest BCUT2D eigenvalue weighted by atomic mass is 10.4. The summed E-state index contributed by atoms with van der Waals surface area (Å²) < 4.78 is 0. The van der Waals surface area contributed by atoms with Crippen molar-refractivity contribution in [3.05, 3.63) is 0 Å². The Hall–Kier alpha value is 0.0400. The molecule has 0 aromatic heterocycles. The molecule has 0 amide bonds. The molecule has 0 aromatic carbocycles. The molecule has 1 unspecified atom stereocenters. The topological polar surface area (TPSA) is 24.1 Å². The number of hydrogen-bond donors (Lipinski definition) is 2. The molecule has 0 saturated carbocycles. The summed E-state index contributed by atoms with van der Waals surface area (Å²) in [5.41, 5.74) is 0. The van der Waals surface area contributed by atoms with E-state index in [1.54, 1.807) is 0 Å². The Morgan fingerprint density at radius 3 is 2.67 bits per heavy atom. The molecule has 0 aromatic rings. The van der Waals surface area contributed by atoms with Crippen LogP contribution in [0.4, 0.5) is 0 Å². The summed E-state index contributed by atoms with van der Waals surface area (Å²) in [6.45, 7) is 6.20. The lowest BCUT2D eigenvalue weighted by Crippen LogP contribution is -2.38. The van der Waals surface area contributed by atoms with Gasteiger partial charge in [0.05, 0.1) is 0 Å². The van der Waals surface area contributed by atoms with Gasteiger partial charge in [-0.05, 0) is 24.9 Å². The molecule has 0 bridgehead atoms. The minimum atomic E-state index is 0.617. The molecular formula is C8H18N2S2. The average molecular weight is 206 g/mol. The lowest BCUT2D eigenvalue weighted by Gasteiger charge is -2.12. The fourth-order valence-corrected chi connectivity index (χ4v) is 1.06. The van der Waals surface area contributed by atoms with Crippen molar-refractivity contribution in [1.29, 1.82) is 0 Å². The van der Waals surface area contributed by atoms with Crippen molar-refractivity contribution < 1.29 is 0 Å². The van der Waals surface area contributed by atoms with Crippen LogP contribution in [0.3, 0.4) is 0 Å². The summed E-state index contributed by atoms with van der Waals surface area (Å²) in [5.74, 6) is 0. The van der Waals surface area contributed by atoms with Crippen molar-refractivity contribution in [1.82, 2.24) is 10.6 Å². The molecule has 72 valence electrons. The van der Waals surface area contributed by atoms with Gasteiger partial charge < -0.3 is 10.6 Å². The SMILES string of the molecule is CCCNC(=S)NCC(C)SC. The van der Waals surface area contributed by atoms with E-state index in [1.807, 2.05) is 11.8 Å². The molecule has 0 radical (unpaired) electrons. The number of hydrogen-bond acceptors (Lipinski definition) is 2. The van der Waals surface area contributed by atoms with E-state index in [4.69, 9.17) is 12.2 Å². The first kappa shape index (κ1) is 12.0. The second kappa shape index (κ2) is 7.68. The first-order valence-corrected chi connectivity index (χ1v) is 5.94. The van der Waals surface area contributed by atoms with Gasteiger partial charge in [0.15, 0.2) is 5.11 Å². The van der Waals surface area contributed by atoms with Crippen LogP contribution < -0.4 is 10.6 Å². The van der Waals surface area contributed by atoms with E-state index in [9.17, 15) is 0 Å². The van der Waals surface area contributed by atoms with E-state index >= 15 is 0 Å². The van der Waals surface area contributed by atoms with E-state index in [0.717, 1.165) is 24.6 Å². The molecule has 2 N–H and O–H groups in total. The first-order valence-electron chi connectivity index (χ1n) is 4.25.